The predicted octanol–water partition coefficient (Wildman–Crippen LogP) is 3.89. The zero-order chi connectivity index (χ0) is 14.9. The summed E-state index contributed by atoms with van der Waals surface area (Å²) in [6, 6.07) is 2.83. The molecule has 20 heavy (non-hydrogen) atoms. The maximum Gasteiger partial charge on any atom is 0.246 e. The summed E-state index contributed by atoms with van der Waals surface area (Å²) < 4.78 is 41.6. The predicted molar refractivity (Wildman–Crippen MR) is 80.9 cm³/mol. The average molecular weight is 385 g/mol. The molecule has 2 rings (SSSR count). The molecule has 1 aliphatic carbocycles. The summed E-state index contributed by atoms with van der Waals surface area (Å²) in [5.74, 6) is -0.810. The summed E-state index contributed by atoms with van der Waals surface area (Å²) in [4.78, 5) is -0.289. The van der Waals surface area contributed by atoms with Crippen molar-refractivity contribution in [1.29, 1.82) is 0 Å². The molecule has 0 unspecified atom stereocenters. The van der Waals surface area contributed by atoms with Gasteiger partial charge in [0, 0.05) is 22.6 Å². The molecule has 3 nitrogen and oxygen atoms in total. The molecule has 1 saturated carbocycles. The molecule has 0 saturated heterocycles. The summed E-state index contributed by atoms with van der Waals surface area (Å²) in [5.41, 5.74) is 0.187. The molecule has 1 aliphatic rings. The first-order valence-corrected chi connectivity index (χ1v) is 9.24. The first kappa shape index (κ1) is 16.2. The number of nitrogens with zero attached hydrogens (tertiary/aromatic N) is 1. The van der Waals surface area contributed by atoms with Gasteiger partial charge in [0.2, 0.25) is 10.0 Å². The van der Waals surface area contributed by atoms with E-state index in [4.69, 9.17) is 11.6 Å². The lowest BCUT2D eigenvalue weighted by Gasteiger charge is -2.22. The van der Waals surface area contributed by atoms with Crippen LogP contribution in [-0.4, -0.2) is 25.3 Å². The van der Waals surface area contributed by atoms with Crippen molar-refractivity contribution < 1.29 is 12.8 Å². The number of rotatable bonds is 6. The van der Waals surface area contributed by atoms with Crippen LogP contribution in [0.5, 0.6) is 0 Å². The Morgan fingerprint density at radius 3 is 2.60 bits per heavy atom. The molecule has 0 spiro atoms. The molecule has 0 N–H and O–H groups in total. The van der Waals surface area contributed by atoms with Gasteiger partial charge >= 0.3 is 0 Å². The summed E-state index contributed by atoms with van der Waals surface area (Å²) in [7, 11) is -3.82. The van der Waals surface area contributed by atoms with Crippen LogP contribution in [0.25, 0.3) is 0 Å². The van der Waals surface area contributed by atoms with Crippen molar-refractivity contribution in [3.8, 4) is 0 Å². The first-order valence-electron chi connectivity index (χ1n) is 6.47. The second kappa shape index (κ2) is 6.30. The van der Waals surface area contributed by atoms with Gasteiger partial charge in [-0.25, -0.2) is 12.8 Å². The normalized spacial score (nSPS) is 15.8. The van der Waals surface area contributed by atoms with Crippen molar-refractivity contribution in [2.75, 3.05) is 6.54 Å². The average Bonchev–Trinajstić information content (AvgIpc) is 3.22. The van der Waals surface area contributed by atoms with Gasteiger partial charge in [-0.1, -0.05) is 22.9 Å². The zero-order valence-electron chi connectivity index (χ0n) is 11.1. The molecule has 1 aromatic rings. The van der Waals surface area contributed by atoms with Gasteiger partial charge in [-0.3, -0.25) is 0 Å². The highest BCUT2D eigenvalue weighted by Gasteiger charge is 2.39. The van der Waals surface area contributed by atoms with Crippen LogP contribution in [0.2, 0.25) is 0 Å². The van der Waals surface area contributed by atoms with Gasteiger partial charge in [0.1, 0.15) is 10.7 Å². The quantitative estimate of drug-likeness (QED) is 0.698. The monoisotopic (exact) mass is 383 g/mol. The lowest BCUT2D eigenvalue weighted by atomic mass is 10.2. The van der Waals surface area contributed by atoms with Crippen LogP contribution < -0.4 is 0 Å². The van der Waals surface area contributed by atoms with Gasteiger partial charge in [0.15, 0.2) is 0 Å². The van der Waals surface area contributed by atoms with E-state index in [9.17, 15) is 12.8 Å². The van der Waals surface area contributed by atoms with Crippen LogP contribution in [0.4, 0.5) is 4.39 Å². The Morgan fingerprint density at radius 1 is 1.45 bits per heavy atom. The Hall–Kier alpha value is -0.170. The first-order chi connectivity index (χ1) is 9.41. The maximum atomic E-state index is 14.3. The molecular formula is C13H16BrClFNO2S. The molecule has 0 aliphatic heterocycles. The minimum absolute atomic E-state index is 0.0118. The van der Waals surface area contributed by atoms with Gasteiger partial charge < -0.3 is 0 Å². The molecule has 1 fully saturated rings. The van der Waals surface area contributed by atoms with Crippen LogP contribution in [0.3, 0.4) is 0 Å². The highest BCUT2D eigenvalue weighted by molar-refractivity contribution is 9.10. The van der Waals surface area contributed by atoms with Gasteiger partial charge in [0.25, 0.3) is 0 Å². The van der Waals surface area contributed by atoms with E-state index in [-0.39, 0.29) is 22.4 Å². The van der Waals surface area contributed by atoms with E-state index in [0.717, 1.165) is 12.8 Å². The van der Waals surface area contributed by atoms with Crippen molar-refractivity contribution in [3.05, 3.63) is 28.0 Å². The van der Waals surface area contributed by atoms with Crippen molar-refractivity contribution in [3.63, 3.8) is 0 Å². The lowest BCUT2D eigenvalue weighted by Crippen LogP contribution is -2.34. The van der Waals surface area contributed by atoms with Crippen LogP contribution in [0.15, 0.2) is 21.5 Å². The second-order valence-electron chi connectivity index (χ2n) is 4.86. The molecule has 112 valence electrons. The van der Waals surface area contributed by atoms with E-state index in [1.807, 2.05) is 6.92 Å². The van der Waals surface area contributed by atoms with Crippen molar-refractivity contribution >= 4 is 37.6 Å². The largest absolute Gasteiger partial charge is 0.246 e. The zero-order valence-corrected chi connectivity index (χ0v) is 14.2. The number of halogens is 3. The third kappa shape index (κ3) is 3.18. The van der Waals surface area contributed by atoms with E-state index in [2.05, 4.69) is 15.9 Å². The number of hydrogen-bond donors (Lipinski definition) is 0. The maximum absolute atomic E-state index is 14.3. The molecule has 0 radical (unpaired) electrons. The molecular weight excluding hydrogens is 369 g/mol. The van der Waals surface area contributed by atoms with Crippen molar-refractivity contribution in [2.45, 2.75) is 43.0 Å². The topological polar surface area (TPSA) is 37.4 Å². The summed E-state index contributed by atoms with van der Waals surface area (Å²) in [6.45, 7) is 2.32. The molecule has 0 atom stereocenters. The Morgan fingerprint density at radius 2 is 2.10 bits per heavy atom. The van der Waals surface area contributed by atoms with Crippen LogP contribution in [0, 0.1) is 5.82 Å². The molecule has 0 amide bonds. The number of alkyl halides is 1. The van der Waals surface area contributed by atoms with Crippen LogP contribution in [-0.2, 0) is 15.9 Å². The van der Waals surface area contributed by atoms with Gasteiger partial charge in [-0.05, 0) is 31.4 Å². The number of sulfonamides is 1. The number of benzene rings is 1. The lowest BCUT2D eigenvalue weighted by molar-refractivity contribution is 0.399. The molecule has 0 aromatic heterocycles. The summed E-state index contributed by atoms with van der Waals surface area (Å²) in [6.07, 6.45) is 2.39. The highest BCUT2D eigenvalue weighted by Crippen LogP contribution is 2.34. The molecule has 7 heteroatoms. The highest BCUT2D eigenvalue weighted by atomic mass is 79.9. The van der Waals surface area contributed by atoms with Gasteiger partial charge in [0.05, 0.1) is 5.88 Å². The molecule has 0 heterocycles. The fraction of sp³-hybridized carbons (Fsp3) is 0.538. The number of hydrogen-bond acceptors (Lipinski definition) is 2. The van der Waals surface area contributed by atoms with E-state index in [1.165, 1.54) is 16.4 Å². The van der Waals surface area contributed by atoms with E-state index in [0.29, 0.717) is 17.4 Å². The second-order valence-corrected chi connectivity index (χ2v) is 7.90. The Balaban J connectivity index is 2.50. The van der Waals surface area contributed by atoms with Crippen LogP contribution >= 0.6 is 27.5 Å². The van der Waals surface area contributed by atoms with E-state index >= 15 is 0 Å². The minimum atomic E-state index is -3.82. The standard InChI is InChI=1S/C13H16BrClFNO2S/c1-2-5-17(11-3-4-11)20(18,19)12-7-10(14)6-9(8-15)13(12)16/h6-7,11H,2-5,8H2,1H3. The Bertz CT molecular complexity index is 605. The van der Waals surface area contributed by atoms with E-state index in [1.54, 1.807) is 0 Å². The summed E-state index contributed by atoms with van der Waals surface area (Å²) in [5, 5.41) is 0. The third-order valence-electron chi connectivity index (χ3n) is 3.21. The van der Waals surface area contributed by atoms with Crippen molar-refractivity contribution in [1.82, 2.24) is 4.31 Å². The van der Waals surface area contributed by atoms with E-state index < -0.39 is 15.8 Å². The smallest absolute Gasteiger partial charge is 0.207 e. The minimum Gasteiger partial charge on any atom is -0.207 e. The fourth-order valence-corrected chi connectivity index (χ4v) is 4.88. The van der Waals surface area contributed by atoms with Crippen molar-refractivity contribution in [2.24, 2.45) is 0 Å². The SMILES string of the molecule is CCCN(C1CC1)S(=O)(=O)c1cc(Br)cc(CCl)c1F. The molecule has 1 aromatic carbocycles. The Kier molecular flexibility index (Phi) is 5.10. The Labute approximate surface area is 132 Å². The van der Waals surface area contributed by atoms with Crippen LogP contribution in [0.1, 0.15) is 31.7 Å². The third-order valence-corrected chi connectivity index (χ3v) is 5.90. The van der Waals surface area contributed by atoms with Gasteiger partial charge in [-0.2, -0.15) is 4.31 Å². The van der Waals surface area contributed by atoms with Gasteiger partial charge in [-0.15, -0.1) is 11.6 Å². The molecule has 0 bridgehead atoms. The fourth-order valence-electron chi connectivity index (χ4n) is 2.11. The summed E-state index contributed by atoms with van der Waals surface area (Å²) >= 11 is 8.89.